The number of aliphatic hydroxyl groups excluding tert-OH is 2. The lowest BCUT2D eigenvalue weighted by molar-refractivity contribution is -0.116. The normalized spacial score (nSPS) is 17.4. The molecular weight excluding hydrogens is 1250 g/mol. The summed E-state index contributed by atoms with van der Waals surface area (Å²) >= 11 is 0. The summed E-state index contributed by atoms with van der Waals surface area (Å²) in [6.07, 6.45) is 5.82. The smallest absolute Gasteiger partial charge is 0.324 e. The van der Waals surface area contributed by atoms with Crippen molar-refractivity contribution in [1.29, 1.82) is 0 Å². The average Bonchev–Trinajstić information content (AvgIpc) is 1.73. The van der Waals surface area contributed by atoms with E-state index in [1.807, 2.05) is 24.3 Å². The molecule has 20 nitrogen and oxygen atoms in total. The molecule has 16 N–H and O–H groups in total. The minimum atomic E-state index is 0.0694. The molecule has 6 heterocycles. The lowest BCUT2D eigenvalue weighted by Gasteiger charge is -2.08. The minimum Gasteiger partial charge on any atom is -0.424 e. The molecule has 6 atom stereocenters. The Morgan fingerprint density at radius 2 is 0.490 bits per heavy atom. The monoisotopic (exact) mass is 1380 g/mol. The molecule has 6 aromatic carbocycles. The zero-order chi connectivity index (χ0) is 75.0. The van der Waals surface area contributed by atoms with E-state index in [2.05, 4.69) is 222 Å². The summed E-state index contributed by atoms with van der Waals surface area (Å²) in [5.41, 5.74) is 37.1. The molecule has 0 aliphatic carbocycles. The van der Waals surface area contributed by atoms with Crippen molar-refractivity contribution in [3.63, 3.8) is 0 Å². The van der Waals surface area contributed by atoms with E-state index < -0.39 is 0 Å². The highest BCUT2D eigenvalue weighted by atomic mass is 16.5. The molecule has 0 unspecified atom stereocenters. The Bertz CT molecular complexity index is 2620. The number of benzene rings is 6. The van der Waals surface area contributed by atoms with E-state index in [1.54, 1.807) is 56.1 Å². The lowest BCUT2D eigenvalue weighted by Crippen LogP contribution is -2.23. The van der Waals surface area contributed by atoms with Gasteiger partial charge in [-0.1, -0.05) is 214 Å². The zero-order valence-electron chi connectivity index (χ0n) is 63.7. The predicted molar refractivity (Wildman–Crippen MR) is 426 cm³/mol. The number of hydrogen-bond donors (Lipinski definition) is 12. The first-order chi connectivity index (χ1) is 48.2. The third kappa shape index (κ3) is 32.3. The average molecular weight is 1380 g/mol. The summed E-state index contributed by atoms with van der Waals surface area (Å²) in [5, 5.41) is 31.4. The Balaban J connectivity index is 0.000000559. The van der Waals surface area contributed by atoms with E-state index in [1.165, 1.54) is 66.2 Å². The van der Waals surface area contributed by atoms with Gasteiger partial charge in [-0.25, -0.2) is 0 Å². The Labute approximate surface area is 604 Å². The van der Waals surface area contributed by atoms with Crippen LogP contribution in [0.15, 0.2) is 146 Å². The number of ketones is 2. The van der Waals surface area contributed by atoms with E-state index in [9.17, 15) is 9.59 Å². The molecule has 548 valence electrons. The van der Waals surface area contributed by atoms with Crippen LogP contribution < -0.4 is 87.6 Å². The molecule has 0 fully saturated rings. The topological polar surface area (TPSA) is 306 Å². The fourth-order valence-electron chi connectivity index (χ4n) is 11.5. The van der Waals surface area contributed by atoms with Crippen molar-refractivity contribution in [2.24, 2.45) is 22.9 Å². The van der Waals surface area contributed by atoms with Crippen LogP contribution in [0.1, 0.15) is 137 Å². The van der Waals surface area contributed by atoms with Gasteiger partial charge in [0.05, 0.1) is 63.2 Å². The quantitative estimate of drug-likeness (QED) is 0.0491. The predicted octanol–water partition coefficient (Wildman–Crippen LogP) is 5.22. The largest absolute Gasteiger partial charge is 0.424 e. The second-order valence-corrected chi connectivity index (χ2v) is 24.1. The van der Waals surface area contributed by atoms with Gasteiger partial charge in [0.15, 0.2) is 0 Å². The summed E-state index contributed by atoms with van der Waals surface area (Å²) in [7, 11) is 10.5. The molecule has 0 radical (unpaired) electrons. The van der Waals surface area contributed by atoms with Gasteiger partial charge < -0.3 is 82.3 Å². The van der Waals surface area contributed by atoms with Crippen molar-refractivity contribution in [2.75, 3.05) is 95.3 Å². The van der Waals surface area contributed by atoms with Gasteiger partial charge in [0.25, 0.3) is 0 Å². The minimum absolute atomic E-state index is 0.0694. The fourth-order valence-corrected chi connectivity index (χ4v) is 11.5. The van der Waals surface area contributed by atoms with Gasteiger partial charge in [0.2, 0.25) is 0 Å². The van der Waals surface area contributed by atoms with Crippen LogP contribution >= 0.6 is 0 Å². The molecule has 26 heteroatoms. The Hall–Kier alpha value is -5.67. The first-order valence-corrected chi connectivity index (χ1v) is 35.5. The van der Waals surface area contributed by atoms with Crippen molar-refractivity contribution >= 4 is 85.8 Å². The summed E-state index contributed by atoms with van der Waals surface area (Å²) in [4.78, 5) is 20.0. The molecule has 0 amide bonds. The molecule has 0 saturated heterocycles. The number of carbonyl (C=O) groups is 2. The summed E-state index contributed by atoms with van der Waals surface area (Å²) in [6, 6.07) is 50.5. The van der Waals surface area contributed by atoms with Crippen LogP contribution in [0.2, 0.25) is 40.9 Å². The van der Waals surface area contributed by atoms with Crippen molar-refractivity contribution < 1.29 is 47.7 Å². The first-order valence-electron chi connectivity index (χ1n) is 35.5. The third-order valence-electron chi connectivity index (χ3n) is 16.4. The molecule has 100 heavy (non-hydrogen) atoms. The second-order valence-electron chi connectivity index (χ2n) is 24.1. The zero-order valence-corrected chi connectivity index (χ0v) is 63.7. The maximum atomic E-state index is 9.98. The molecule has 0 saturated carbocycles. The van der Waals surface area contributed by atoms with Crippen molar-refractivity contribution in [2.45, 2.75) is 145 Å². The van der Waals surface area contributed by atoms with Crippen LogP contribution in [0.3, 0.4) is 0 Å². The standard InChI is InChI=1S/4C10H13BO.2C9H12BNO.2C4H9NO.2C2H8N2.2C2H7NO/c4*1-3-10-8-6-4-5-7-9(8)11(2)12-10;2*1-10-8-5-3-2-4-7(8)9(6-11)12-10;2*1-4(6)3-5-2;2*1-4-2-3;2*1-3-2-4/h4*4-7,10H,3H2,1-2H3;2*2-5,9H,6,11H2,1H3;2*5H,3H2,1-2H3;2*4H,2-3H2,1H3;2*3-4H,2H2,1H3/t4*10-;2*9-;;;;;;/m110010....../s1. The molecule has 6 aromatic rings. The van der Waals surface area contributed by atoms with Gasteiger partial charge >= 0.3 is 41.5 Å². The summed E-state index contributed by atoms with van der Waals surface area (Å²) < 4.78 is 34.4. The van der Waals surface area contributed by atoms with Crippen LogP contribution in [0.4, 0.5) is 0 Å². The van der Waals surface area contributed by atoms with Crippen molar-refractivity contribution in [3.05, 3.63) is 179 Å². The van der Waals surface area contributed by atoms with Gasteiger partial charge in [0, 0.05) is 26.4 Å². The Morgan fingerprint density at radius 3 is 0.610 bits per heavy atom. The van der Waals surface area contributed by atoms with Crippen LogP contribution in [-0.2, 0) is 37.5 Å². The van der Waals surface area contributed by atoms with Gasteiger partial charge in [-0.3, -0.25) is 20.2 Å². The number of nitrogens with two attached hydrogens (primary N) is 4. The SMILES string of the molecule is CB1O[C@@H](CN)c2ccccc21.CB1O[C@H](CN)c2ccccc21.CC[C@@H]1OB(C)c2ccccc21.CC[C@@H]1OB(C)c2ccccc21.CC[C@H]1OB(C)c2ccccc21.CC[C@H]1OB(C)c2ccccc21.CNCC(C)=O.CNCC(C)=O.CNCN.CNCN.CNCO.CNCO. The Morgan fingerprint density at radius 1 is 0.330 bits per heavy atom. The van der Waals surface area contributed by atoms with Gasteiger partial charge in [-0.2, -0.15) is 0 Å². The maximum absolute atomic E-state index is 9.98. The van der Waals surface area contributed by atoms with Crippen molar-refractivity contribution in [1.82, 2.24) is 31.9 Å². The van der Waals surface area contributed by atoms with Gasteiger partial charge in [0.1, 0.15) is 11.6 Å². The van der Waals surface area contributed by atoms with E-state index in [-0.39, 0.29) is 78.7 Å². The molecule has 6 aliphatic heterocycles. The molecule has 0 spiro atoms. The van der Waals surface area contributed by atoms with E-state index >= 15 is 0 Å². The van der Waals surface area contributed by atoms with Crippen LogP contribution in [0.25, 0.3) is 0 Å². The number of likely N-dealkylation sites (N-methyl/N-ethyl adjacent to an activating group) is 2. The number of fused-ring (bicyclic) bond motifs is 6. The molecule has 12 rings (SSSR count). The van der Waals surface area contributed by atoms with Gasteiger partial charge in [-0.15, -0.1) is 0 Å². The number of rotatable bonds is 14. The summed E-state index contributed by atoms with van der Waals surface area (Å²) in [5.74, 6) is 0.356. The number of carbonyl (C=O) groups excluding carboxylic acids is 2. The highest BCUT2D eigenvalue weighted by molar-refractivity contribution is 6.69. The van der Waals surface area contributed by atoms with Gasteiger partial charge in [-0.05, 0) is 148 Å². The highest BCUT2D eigenvalue weighted by Gasteiger charge is 2.34. The number of aliphatic hydroxyl groups is 2. The third-order valence-corrected chi connectivity index (χ3v) is 16.4. The fraction of sp³-hybridized carbons (Fsp3) is 0.486. The first kappa shape index (κ1) is 92.3. The summed E-state index contributed by atoms with van der Waals surface area (Å²) in [6.45, 7) is 29.3. The molecule has 0 bridgehead atoms. The number of hydrogen-bond acceptors (Lipinski definition) is 20. The second kappa shape index (κ2) is 54.9. The van der Waals surface area contributed by atoms with E-state index in [0.29, 0.717) is 63.9 Å². The van der Waals surface area contributed by atoms with Crippen LogP contribution in [-0.4, -0.2) is 159 Å². The lowest BCUT2D eigenvalue weighted by atomic mass is 9.64. The highest BCUT2D eigenvalue weighted by Crippen LogP contribution is 2.30. The maximum Gasteiger partial charge on any atom is 0.324 e. The van der Waals surface area contributed by atoms with Crippen molar-refractivity contribution in [3.8, 4) is 0 Å². The van der Waals surface area contributed by atoms with Crippen LogP contribution in [0.5, 0.6) is 0 Å². The molecular formula is C74H124B6N10O10. The van der Waals surface area contributed by atoms with E-state index in [4.69, 9.17) is 61.1 Å². The van der Waals surface area contributed by atoms with Crippen LogP contribution in [0, 0.1) is 0 Å². The Kier molecular flexibility index (Phi) is 50.7. The molecule has 6 aliphatic rings. The number of nitrogens with one attached hydrogen (secondary N) is 6. The molecule has 0 aromatic heterocycles. The number of Topliss-reactive ketones (excluding diaryl/α,β-unsaturated/α-hetero) is 2. The van der Waals surface area contributed by atoms with E-state index in [0.717, 1.165) is 25.7 Å².